The average Bonchev–Trinajstić information content (AvgIpc) is 3.63. The summed E-state index contributed by atoms with van der Waals surface area (Å²) in [6.07, 6.45) is 6.87. The Labute approximate surface area is 292 Å². The van der Waals surface area contributed by atoms with Gasteiger partial charge in [-0.25, -0.2) is 0 Å². The molecule has 2 aliphatic rings. The minimum atomic E-state index is -4.92. The van der Waals surface area contributed by atoms with Gasteiger partial charge in [0.15, 0.2) is 0 Å². The summed E-state index contributed by atoms with van der Waals surface area (Å²) in [5.74, 6) is 0. The summed E-state index contributed by atoms with van der Waals surface area (Å²) in [7, 11) is 17.3. The minimum absolute atomic E-state index is 0.0598. The Morgan fingerprint density at radius 1 is 0.511 bits per heavy atom. The van der Waals surface area contributed by atoms with Crippen molar-refractivity contribution in [3.8, 4) is 22.3 Å². The van der Waals surface area contributed by atoms with E-state index in [4.69, 9.17) is 17.0 Å². The Morgan fingerprint density at radius 3 is 1.21 bits per heavy atom. The molecule has 4 aromatic rings. The second-order valence-electron chi connectivity index (χ2n) is 14.7. The van der Waals surface area contributed by atoms with Crippen LogP contribution in [0.25, 0.3) is 34.4 Å². The Balaban J connectivity index is 1.65. The zero-order valence-corrected chi connectivity index (χ0v) is 34.3. The van der Waals surface area contributed by atoms with E-state index in [1.807, 2.05) is 0 Å². The molecule has 0 saturated heterocycles. The quantitative estimate of drug-likeness (QED) is 0.177. The van der Waals surface area contributed by atoms with Gasteiger partial charge in [-0.05, 0) is 0 Å². The third-order valence-corrected chi connectivity index (χ3v) is 32.5. The number of hydrogen-bond acceptors (Lipinski definition) is 0. The van der Waals surface area contributed by atoms with E-state index in [9.17, 15) is 0 Å². The van der Waals surface area contributed by atoms with E-state index in [1.54, 1.807) is 0 Å². The summed E-state index contributed by atoms with van der Waals surface area (Å²) in [6, 6.07) is 18.5. The van der Waals surface area contributed by atoms with E-state index in [2.05, 4.69) is 137 Å². The molecule has 0 bridgehead atoms. The Morgan fingerprint density at radius 2 is 0.894 bits per heavy atom. The molecule has 0 saturated carbocycles. The predicted molar refractivity (Wildman–Crippen MR) is 206 cm³/mol. The van der Waals surface area contributed by atoms with Crippen LogP contribution in [0.1, 0.15) is 108 Å². The molecular weight excluding hydrogens is 691 g/mol. The molecule has 0 nitrogen and oxygen atoms in total. The second kappa shape index (κ2) is 12.3. The second-order valence-corrected chi connectivity index (χ2v) is 37.7. The summed E-state index contributed by atoms with van der Waals surface area (Å²) in [4.78, 5) is 0. The van der Waals surface area contributed by atoms with Gasteiger partial charge in [-0.3, -0.25) is 0 Å². The first kappa shape index (κ1) is 34.7. The van der Waals surface area contributed by atoms with Gasteiger partial charge in [0.2, 0.25) is 0 Å². The van der Waals surface area contributed by atoms with Crippen molar-refractivity contribution in [3.63, 3.8) is 0 Å². The van der Waals surface area contributed by atoms with Gasteiger partial charge in [-0.1, -0.05) is 0 Å². The number of benzene rings is 4. The van der Waals surface area contributed by atoms with Crippen LogP contribution in [-0.4, -0.2) is 0 Å². The van der Waals surface area contributed by atoms with E-state index >= 15 is 0 Å². The molecule has 245 valence electrons. The van der Waals surface area contributed by atoms with Gasteiger partial charge in [0.1, 0.15) is 0 Å². The van der Waals surface area contributed by atoms with Crippen molar-refractivity contribution >= 4 is 29.2 Å². The van der Waals surface area contributed by atoms with E-state index in [1.165, 1.54) is 100 Å². The van der Waals surface area contributed by atoms with Gasteiger partial charge in [-0.2, -0.15) is 0 Å². The van der Waals surface area contributed by atoms with Crippen molar-refractivity contribution in [2.45, 2.75) is 100 Å². The number of halogens is 2. The molecule has 0 heterocycles. The topological polar surface area (TPSA) is 0 Å². The molecule has 2 aliphatic carbocycles. The van der Waals surface area contributed by atoms with Gasteiger partial charge in [0.05, 0.1) is 0 Å². The van der Waals surface area contributed by atoms with Crippen LogP contribution >= 0.6 is 17.0 Å². The Bertz CT molecular complexity index is 1880. The van der Waals surface area contributed by atoms with Gasteiger partial charge in [0.25, 0.3) is 0 Å². The van der Waals surface area contributed by atoms with Crippen molar-refractivity contribution in [2.24, 2.45) is 0 Å². The van der Waals surface area contributed by atoms with E-state index < -0.39 is 16.4 Å². The van der Waals surface area contributed by atoms with Gasteiger partial charge < -0.3 is 0 Å². The van der Waals surface area contributed by atoms with Crippen molar-refractivity contribution < 1.29 is 16.4 Å². The van der Waals surface area contributed by atoms with E-state index in [0.717, 1.165) is 17.0 Å². The van der Waals surface area contributed by atoms with E-state index in [-0.39, 0.29) is 7.25 Å². The number of rotatable bonds is 7. The molecule has 3 heteroatoms. The summed E-state index contributed by atoms with van der Waals surface area (Å²) in [6.45, 7) is 24.9. The number of aryl methyl sites for hydroxylation is 6. The SMILES string of the molecule is CCC1=Cc2c(-c3ccc(C)cc3C)cc(C)c(C)c2[CH]1[Zr]([Cl])([Cl])([CH2]C)[CH]1C(CC)=Cc2c(-c3ccc(C)cc3C)cc(C)c(C)c21. The third-order valence-electron chi connectivity index (χ3n) is 11.9. The predicted octanol–water partition coefficient (Wildman–Crippen LogP) is 14.3. The molecule has 0 spiro atoms. The standard InChI is InChI=1S/2C21H23.C2H5.2ClH.Zr/c2*1-6-17-11-19-16(5)14(3)10-20(21(19)12-17)18-8-7-13(2)9-15(18)4;1-2;;;/h2*7-12H,6H2,1-5H3;1H2,2H3;2*1H;/q;;;;;+2/p-2. The molecule has 0 fully saturated rings. The molecule has 0 amide bonds. The maximum absolute atomic E-state index is 8.64. The van der Waals surface area contributed by atoms with Crippen molar-refractivity contribution in [1.29, 1.82) is 0 Å². The average molecular weight is 742 g/mol. The Kier molecular flexibility index (Phi) is 9.08. The summed E-state index contributed by atoms with van der Waals surface area (Å²) in [5.41, 5.74) is 24.1. The molecule has 0 N–H and O–H groups in total. The number of hydrogen-bond donors (Lipinski definition) is 0. The zero-order chi connectivity index (χ0) is 34.2. The first-order valence-electron chi connectivity index (χ1n) is 17.6. The fourth-order valence-electron chi connectivity index (χ4n) is 9.10. The number of allylic oxidation sites excluding steroid dienone is 2. The molecule has 0 aliphatic heterocycles. The monoisotopic (exact) mass is 739 g/mol. The Hall–Kier alpha value is -2.18. The zero-order valence-electron chi connectivity index (χ0n) is 30.3. The van der Waals surface area contributed by atoms with Crippen molar-refractivity contribution in [3.05, 3.63) is 126 Å². The van der Waals surface area contributed by atoms with Crippen LogP contribution in [0, 0.1) is 55.4 Å². The van der Waals surface area contributed by atoms with Crippen LogP contribution in [0.5, 0.6) is 0 Å². The van der Waals surface area contributed by atoms with Crippen LogP contribution in [0.2, 0.25) is 4.13 Å². The first-order valence-corrected chi connectivity index (χ1v) is 28.5. The molecule has 2 unspecified atom stereocenters. The summed E-state index contributed by atoms with van der Waals surface area (Å²) in [5, 5.41) is 0. The van der Waals surface area contributed by atoms with Crippen LogP contribution < -0.4 is 0 Å². The summed E-state index contributed by atoms with van der Waals surface area (Å²) >= 11 is -4.92. The maximum atomic E-state index is 8.64. The molecule has 0 aromatic heterocycles. The molecule has 2 atom stereocenters. The fraction of sp³-hybridized carbons (Fsp3) is 0.364. The molecule has 0 radical (unpaired) electrons. The first-order chi connectivity index (χ1) is 22.1. The van der Waals surface area contributed by atoms with Crippen molar-refractivity contribution in [2.75, 3.05) is 0 Å². The third kappa shape index (κ3) is 5.34. The molecular formula is C44H51Cl2Zr. The normalized spacial score (nSPS) is 18.0. The molecule has 6 rings (SSSR count). The molecule has 4 aromatic carbocycles. The van der Waals surface area contributed by atoms with Crippen LogP contribution in [0.4, 0.5) is 0 Å². The summed E-state index contributed by atoms with van der Waals surface area (Å²) < 4.78 is 0.945. The fourth-order valence-corrected chi connectivity index (χ4v) is 27.7. The van der Waals surface area contributed by atoms with Crippen LogP contribution in [-0.2, 0) is 16.4 Å². The van der Waals surface area contributed by atoms with Crippen molar-refractivity contribution in [1.82, 2.24) is 0 Å². The van der Waals surface area contributed by atoms with Gasteiger partial charge in [0, 0.05) is 0 Å². The number of fused-ring (bicyclic) bond motifs is 2. The van der Waals surface area contributed by atoms with Crippen LogP contribution in [0.3, 0.4) is 0 Å². The van der Waals surface area contributed by atoms with E-state index in [0.29, 0.717) is 0 Å². The van der Waals surface area contributed by atoms with Gasteiger partial charge in [-0.15, -0.1) is 0 Å². The molecule has 47 heavy (non-hydrogen) atoms. The van der Waals surface area contributed by atoms with Gasteiger partial charge >= 0.3 is 295 Å². The van der Waals surface area contributed by atoms with Crippen LogP contribution in [0.15, 0.2) is 59.7 Å².